The Morgan fingerprint density at radius 3 is 2.54 bits per heavy atom. The van der Waals surface area contributed by atoms with Gasteiger partial charge in [-0.15, -0.1) is 5.10 Å². The van der Waals surface area contributed by atoms with Crippen molar-refractivity contribution < 1.29 is 18.0 Å². The Kier molecular flexibility index (Phi) is 4.51. The molecule has 0 aliphatic heterocycles. The van der Waals surface area contributed by atoms with Gasteiger partial charge in [0.1, 0.15) is 0 Å². The summed E-state index contributed by atoms with van der Waals surface area (Å²) in [7, 11) is 0. The molecule has 1 aromatic carbocycles. The lowest BCUT2D eigenvalue weighted by Gasteiger charge is -2.09. The molecule has 0 spiro atoms. The Hall–Kier alpha value is -3.14. The summed E-state index contributed by atoms with van der Waals surface area (Å²) in [5.74, 6) is -1.53. The molecule has 0 aliphatic carbocycles. The molecule has 2 N–H and O–H groups in total. The molecule has 2 aromatic heterocycles. The van der Waals surface area contributed by atoms with Gasteiger partial charge in [-0.25, -0.2) is 9.78 Å². The molecule has 0 atom stereocenters. The molecular weight excluding hydrogens is 375 g/mol. The number of aromatic nitrogens is 4. The highest BCUT2D eigenvalue weighted by Gasteiger charge is 2.31. The number of nitrogens with zero attached hydrogens (tertiary/aromatic N) is 3. The van der Waals surface area contributed by atoms with E-state index in [2.05, 4.69) is 20.4 Å². The second-order valence-electron chi connectivity index (χ2n) is 5.03. The third kappa shape index (κ3) is 3.59. The van der Waals surface area contributed by atoms with Crippen molar-refractivity contribution in [1.29, 1.82) is 0 Å². The fraction of sp³-hybridized carbons (Fsp3) is 0.0667. The molecule has 3 aromatic rings. The maximum atomic E-state index is 12.6. The quantitative estimate of drug-likeness (QED) is 0.727. The van der Waals surface area contributed by atoms with Crippen LogP contribution in [0.3, 0.4) is 0 Å². The topological polar surface area (TPSA) is 92.7 Å². The Bertz CT molecular complexity index is 1010. The van der Waals surface area contributed by atoms with Gasteiger partial charge in [-0.2, -0.15) is 17.9 Å². The number of halogens is 4. The Balaban J connectivity index is 1.84. The molecule has 0 saturated carbocycles. The monoisotopic (exact) mass is 383 g/mol. The molecule has 0 saturated heterocycles. The summed E-state index contributed by atoms with van der Waals surface area (Å²) < 4.78 is 38.8. The molecule has 2 heterocycles. The number of carbonyl (C=O) groups excluding carboxylic acids is 1. The van der Waals surface area contributed by atoms with Gasteiger partial charge in [0.05, 0.1) is 16.3 Å². The van der Waals surface area contributed by atoms with E-state index in [4.69, 9.17) is 11.6 Å². The van der Waals surface area contributed by atoms with Gasteiger partial charge in [0.25, 0.3) is 5.91 Å². The van der Waals surface area contributed by atoms with Crippen LogP contribution in [-0.4, -0.2) is 25.7 Å². The van der Waals surface area contributed by atoms with Crippen LogP contribution in [0.2, 0.25) is 5.02 Å². The fourth-order valence-electron chi connectivity index (χ4n) is 2.02. The van der Waals surface area contributed by atoms with Gasteiger partial charge in [-0.05, 0) is 18.2 Å². The number of pyridine rings is 1. The number of carbonyl (C=O) groups is 1. The maximum Gasteiger partial charge on any atom is 0.417 e. The van der Waals surface area contributed by atoms with E-state index in [1.54, 1.807) is 30.3 Å². The number of H-pyrrole nitrogens is 1. The fourth-order valence-corrected chi connectivity index (χ4v) is 2.24. The first-order chi connectivity index (χ1) is 12.3. The number of anilines is 1. The summed E-state index contributed by atoms with van der Waals surface area (Å²) >= 11 is 5.72. The standard InChI is InChI=1S/C15H9ClF3N5O2/c16-10-6-8(15(17,18)19)7-20-11(10)21-13(25)12-22-14(26)24(23-12)9-4-2-1-3-5-9/h1-7H,(H,20,21,25)(H,22,23,26). The van der Waals surface area contributed by atoms with Crippen molar-refractivity contribution in [3.05, 3.63) is 69.5 Å². The van der Waals surface area contributed by atoms with Crippen LogP contribution in [0.15, 0.2) is 47.4 Å². The number of aromatic amines is 1. The Morgan fingerprint density at radius 1 is 1.23 bits per heavy atom. The summed E-state index contributed by atoms with van der Waals surface area (Å²) in [5, 5.41) is 5.65. The number of rotatable bonds is 3. The third-order valence-electron chi connectivity index (χ3n) is 3.23. The van der Waals surface area contributed by atoms with Gasteiger partial charge in [0.2, 0.25) is 5.82 Å². The maximum absolute atomic E-state index is 12.6. The van der Waals surface area contributed by atoms with Crippen LogP contribution in [0.1, 0.15) is 16.2 Å². The highest BCUT2D eigenvalue weighted by molar-refractivity contribution is 6.33. The number of benzene rings is 1. The molecule has 0 bridgehead atoms. The number of hydrogen-bond acceptors (Lipinski definition) is 4. The van der Waals surface area contributed by atoms with E-state index in [1.165, 1.54) is 0 Å². The number of alkyl halides is 3. The van der Waals surface area contributed by atoms with Crippen molar-refractivity contribution in [2.24, 2.45) is 0 Å². The predicted octanol–water partition coefficient (Wildman–Crippen LogP) is 2.88. The van der Waals surface area contributed by atoms with Crippen LogP contribution in [0.5, 0.6) is 0 Å². The number of amides is 1. The lowest BCUT2D eigenvalue weighted by atomic mass is 10.3. The van der Waals surface area contributed by atoms with Crippen molar-refractivity contribution in [2.45, 2.75) is 6.18 Å². The first-order valence-corrected chi connectivity index (χ1v) is 7.42. The smallest absolute Gasteiger partial charge is 0.303 e. The third-order valence-corrected chi connectivity index (χ3v) is 3.52. The lowest BCUT2D eigenvalue weighted by molar-refractivity contribution is -0.137. The van der Waals surface area contributed by atoms with Crippen molar-refractivity contribution in [2.75, 3.05) is 5.32 Å². The summed E-state index contributed by atoms with van der Waals surface area (Å²) in [5.41, 5.74) is -1.28. The molecule has 134 valence electrons. The first-order valence-electron chi connectivity index (χ1n) is 7.04. The van der Waals surface area contributed by atoms with Gasteiger partial charge < -0.3 is 5.32 Å². The molecule has 3 rings (SSSR count). The largest absolute Gasteiger partial charge is 0.417 e. The highest BCUT2D eigenvalue weighted by Crippen LogP contribution is 2.32. The van der Waals surface area contributed by atoms with Crippen molar-refractivity contribution in [3.63, 3.8) is 0 Å². The summed E-state index contributed by atoms with van der Waals surface area (Å²) in [6.07, 6.45) is -4.08. The Morgan fingerprint density at radius 2 is 1.92 bits per heavy atom. The SMILES string of the molecule is O=C(Nc1ncc(C(F)(F)F)cc1Cl)c1nn(-c2ccccc2)c(=O)[nH]1. The van der Waals surface area contributed by atoms with E-state index in [0.717, 1.165) is 4.68 Å². The van der Waals surface area contributed by atoms with E-state index < -0.39 is 28.4 Å². The summed E-state index contributed by atoms with van der Waals surface area (Å²) in [4.78, 5) is 29.8. The van der Waals surface area contributed by atoms with Crippen LogP contribution in [-0.2, 0) is 6.18 Å². The zero-order valence-electron chi connectivity index (χ0n) is 12.7. The Labute approximate surface area is 148 Å². The van der Waals surface area contributed by atoms with E-state index >= 15 is 0 Å². The molecule has 11 heteroatoms. The minimum Gasteiger partial charge on any atom is -0.303 e. The van der Waals surface area contributed by atoms with Crippen LogP contribution in [0, 0.1) is 0 Å². The van der Waals surface area contributed by atoms with Crippen LogP contribution >= 0.6 is 11.6 Å². The zero-order valence-corrected chi connectivity index (χ0v) is 13.5. The normalized spacial score (nSPS) is 11.4. The minimum absolute atomic E-state index is 0.292. The molecule has 26 heavy (non-hydrogen) atoms. The van der Waals surface area contributed by atoms with E-state index in [-0.39, 0.29) is 11.6 Å². The molecule has 1 amide bonds. The van der Waals surface area contributed by atoms with Crippen LogP contribution in [0.4, 0.5) is 19.0 Å². The van der Waals surface area contributed by atoms with Gasteiger partial charge in [0, 0.05) is 6.20 Å². The predicted molar refractivity (Wildman–Crippen MR) is 86.4 cm³/mol. The molecule has 0 fully saturated rings. The van der Waals surface area contributed by atoms with Crippen molar-refractivity contribution in [3.8, 4) is 5.69 Å². The van der Waals surface area contributed by atoms with Crippen molar-refractivity contribution >= 4 is 23.3 Å². The van der Waals surface area contributed by atoms with Gasteiger partial charge in [-0.3, -0.25) is 9.78 Å². The number of nitrogens with one attached hydrogen (secondary N) is 2. The summed E-state index contributed by atoms with van der Waals surface area (Å²) in [6, 6.07) is 8.96. The average molecular weight is 384 g/mol. The molecule has 0 unspecified atom stereocenters. The summed E-state index contributed by atoms with van der Waals surface area (Å²) in [6.45, 7) is 0. The van der Waals surface area contributed by atoms with E-state index in [9.17, 15) is 22.8 Å². The van der Waals surface area contributed by atoms with Gasteiger partial charge in [0.15, 0.2) is 5.82 Å². The average Bonchev–Trinajstić information content (AvgIpc) is 2.98. The highest BCUT2D eigenvalue weighted by atomic mass is 35.5. The second-order valence-corrected chi connectivity index (χ2v) is 5.44. The number of para-hydroxylation sites is 1. The molecule has 0 radical (unpaired) electrons. The van der Waals surface area contributed by atoms with Gasteiger partial charge >= 0.3 is 11.9 Å². The molecular formula is C15H9ClF3N5O2. The van der Waals surface area contributed by atoms with Crippen molar-refractivity contribution in [1.82, 2.24) is 19.7 Å². The minimum atomic E-state index is -4.61. The number of hydrogen-bond donors (Lipinski definition) is 2. The first kappa shape index (κ1) is 17.7. The van der Waals surface area contributed by atoms with Crippen LogP contribution in [0.25, 0.3) is 5.69 Å². The van der Waals surface area contributed by atoms with E-state index in [1.807, 2.05) is 0 Å². The van der Waals surface area contributed by atoms with Gasteiger partial charge in [-0.1, -0.05) is 29.8 Å². The molecule has 7 nitrogen and oxygen atoms in total. The van der Waals surface area contributed by atoms with Crippen LogP contribution < -0.4 is 11.0 Å². The second kappa shape index (κ2) is 6.64. The zero-order chi connectivity index (χ0) is 18.9. The van der Waals surface area contributed by atoms with E-state index in [0.29, 0.717) is 18.0 Å². The molecule has 0 aliphatic rings. The lowest BCUT2D eigenvalue weighted by Crippen LogP contribution is -2.16.